The van der Waals surface area contributed by atoms with Crippen molar-refractivity contribution >= 4 is 48.3 Å². The Kier molecular flexibility index (Phi) is 4.96. The molecule has 0 aromatic heterocycles. The van der Waals surface area contributed by atoms with Gasteiger partial charge in [0, 0.05) is 17.1 Å². The standard InChI is InChI=1S/C17H14N2O8S2/c18-10-4-5-12(15(7-10)29(25,26)27)17(21)19-13-3-1-2-9-6-11(28(22,23)24)8-14(20)16(9)13/h1-8,20H,18H2,(H,19,21)(H,22,23,24)(H,25,26,27). The van der Waals surface area contributed by atoms with Crippen LogP contribution in [0, 0.1) is 0 Å². The molecule has 0 atom stereocenters. The van der Waals surface area contributed by atoms with Gasteiger partial charge >= 0.3 is 0 Å². The van der Waals surface area contributed by atoms with E-state index in [2.05, 4.69) is 5.32 Å². The summed E-state index contributed by atoms with van der Waals surface area (Å²) in [5.41, 5.74) is 5.16. The summed E-state index contributed by atoms with van der Waals surface area (Å²) in [6.07, 6.45) is 0. The van der Waals surface area contributed by atoms with Crippen LogP contribution in [0.4, 0.5) is 11.4 Å². The molecule has 0 aliphatic heterocycles. The van der Waals surface area contributed by atoms with Crippen molar-refractivity contribution < 1.29 is 35.8 Å². The molecule has 3 aromatic rings. The molecule has 0 fully saturated rings. The van der Waals surface area contributed by atoms with E-state index in [1.54, 1.807) is 0 Å². The van der Waals surface area contributed by atoms with Gasteiger partial charge in [-0.15, -0.1) is 0 Å². The Labute approximate surface area is 165 Å². The molecule has 0 aliphatic rings. The molecule has 3 rings (SSSR count). The minimum absolute atomic E-state index is 0.00900. The minimum Gasteiger partial charge on any atom is -0.507 e. The van der Waals surface area contributed by atoms with E-state index in [1.165, 1.54) is 24.3 Å². The van der Waals surface area contributed by atoms with E-state index in [0.717, 1.165) is 24.3 Å². The summed E-state index contributed by atoms with van der Waals surface area (Å²) >= 11 is 0. The van der Waals surface area contributed by atoms with Gasteiger partial charge in [0.15, 0.2) is 0 Å². The Morgan fingerprint density at radius 2 is 1.62 bits per heavy atom. The maximum absolute atomic E-state index is 12.6. The summed E-state index contributed by atoms with van der Waals surface area (Å²) in [4.78, 5) is 11.4. The quantitative estimate of drug-likeness (QED) is 0.299. The summed E-state index contributed by atoms with van der Waals surface area (Å²) in [5.74, 6) is -1.47. The van der Waals surface area contributed by atoms with E-state index >= 15 is 0 Å². The van der Waals surface area contributed by atoms with Crippen LogP contribution < -0.4 is 11.1 Å². The molecule has 0 heterocycles. The first kappa shape index (κ1) is 20.5. The van der Waals surface area contributed by atoms with Crippen molar-refractivity contribution in [1.29, 1.82) is 0 Å². The third kappa shape index (κ3) is 4.14. The predicted octanol–water partition coefficient (Wildman–Crippen LogP) is 1.87. The van der Waals surface area contributed by atoms with Gasteiger partial charge in [-0.2, -0.15) is 16.8 Å². The first-order valence-corrected chi connectivity index (χ1v) is 10.7. The molecule has 152 valence electrons. The van der Waals surface area contributed by atoms with E-state index in [9.17, 15) is 31.3 Å². The second-order valence-corrected chi connectivity index (χ2v) is 8.82. The topological polar surface area (TPSA) is 184 Å². The summed E-state index contributed by atoms with van der Waals surface area (Å²) < 4.78 is 64.3. The molecular formula is C17H14N2O8S2. The molecule has 0 radical (unpaired) electrons. The average molecular weight is 438 g/mol. The zero-order valence-corrected chi connectivity index (χ0v) is 16.0. The van der Waals surface area contributed by atoms with Crippen molar-refractivity contribution in [2.75, 3.05) is 11.1 Å². The third-order valence-electron chi connectivity index (χ3n) is 4.00. The van der Waals surface area contributed by atoms with Gasteiger partial charge < -0.3 is 16.2 Å². The van der Waals surface area contributed by atoms with Gasteiger partial charge in [-0.25, -0.2) is 0 Å². The van der Waals surface area contributed by atoms with Crippen LogP contribution in [0.1, 0.15) is 10.4 Å². The van der Waals surface area contributed by atoms with Gasteiger partial charge in [0.05, 0.1) is 16.1 Å². The highest BCUT2D eigenvalue weighted by Gasteiger charge is 2.22. The Balaban J connectivity index is 2.12. The van der Waals surface area contributed by atoms with Crippen molar-refractivity contribution in [2.24, 2.45) is 0 Å². The number of carbonyl (C=O) groups is 1. The highest BCUT2D eigenvalue weighted by molar-refractivity contribution is 7.86. The lowest BCUT2D eigenvalue weighted by molar-refractivity contribution is 0.102. The van der Waals surface area contributed by atoms with Crippen LogP contribution in [0.3, 0.4) is 0 Å². The minimum atomic E-state index is -4.75. The number of hydrogen-bond donors (Lipinski definition) is 5. The maximum atomic E-state index is 12.6. The first-order valence-electron chi connectivity index (χ1n) is 7.79. The number of phenolic OH excluding ortho intramolecular Hbond substituents is 1. The van der Waals surface area contributed by atoms with Gasteiger partial charge in [-0.05, 0) is 35.7 Å². The van der Waals surface area contributed by atoms with Crippen LogP contribution >= 0.6 is 0 Å². The second kappa shape index (κ2) is 7.00. The normalized spacial score (nSPS) is 12.1. The van der Waals surface area contributed by atoms with E-state index in [1.807, 2.05) is 0 Å². The number of anilines is 2. The van der Waals surface area contributed by atoms with Gasteiger partial charge in [0.2, 0.25) is 0 Å². The summed E-state index contributed by atoms with van der Waals surface area (Å²) in [6.45, 7) is 0. The molecule has 29 heavy (non-hydrogen) atoms. The molecule has 0 spiro atoms. The molecule has 0 bridgehead atoms. The molecule has 10 nitrogen and oxygen atoms in total. The Morgan fingerprint density at radius 1 is 0.931 bits per heavy atom. The Bertz CT molecular complexity index is 1370. The van der Waals surface area contributed by atoms with E-state index < -0.39 is 47.2 Å². The molecule has 3 aromatic carbocycles. The highest BCUT2D eigenvalue weighted by Crippen LogP contribution is 2.34. The van der Waals surface area contributed by atoms with Gasteiger partial charge in [0.1, 0.15) is 10.6 Å². The lowest BCUT2D eigenvalue weighted by Crippen LogP contribution is -2.17. The van der Waals surface area contributed by atoms with Crippen molar-refractivity contribution in [3.05, 3.63) is 54.1 Å². The molecular weight excluding hydrogens is 424 g/mol. The number of carbonyl (C=O) groups excluding carboxylic acids is 1. The predicted molar refractivity (Wildman–Crippen MR) is 104 cm³/mol. The summed E-state index contributed by atoms with van der Waals surface area (Å²) in [7, 11) is -9.33. The van der Waals surface area contributed by atoms with Crippen molar-refractivity contribution in [3.63, 3.8) is 0 Å². The van der Waals surface area contributed by atoms with E-state index in [4.69, 9.17) is 10.3 Å². The second-order valence-electron chi connectivity index (χ2n) is 6.01. The molecule has 12 heteroatoms. The largest absolute Gasteiger partial charge is 0.507 e. The molecule has 1 amide bonds. The molecule has 6 N–H and O–H groups in total. The van der Waals surface area contributed by atoms with Crippen LogP contribution in [0.5, 0.6) is 5.75 Å². The fourth-order valence-corrected chi connectivity index (χ4v) is 4.02. The molecule has 0 aliphatic carbocycles. The number of phenols is 1. The van der Waals surface area contributed by atoms with Gasteiger partial charge in [-0.3, -0.25) is 13.9 Å². The fourth-order valence-electron chi connectivity index (χ4n) is 2.76. The van der Waals surface area contributed by atoms with Crippen molar-refractivity contribution in [1.82, 2.24) is 0 Å². The van der Waals surface area contributed by atoms with Crippen LogP contribution in [0.15, 0.2) is 58.3 Å². The highest BCUT2D eigenvalue weighted by atomic mass is 32.2. The zero-order valence-electron chi connectivity index (χ0n) is 14.4. The van der Waals surface area contributed by atoms with E-state index in [0.29, 0.717) is 0 Å². The lowest BCUT2D eigenvalue weighted by Gasteiger charge is -2.13. The van der Waals surface area contributed by atoms with Crippen LogP contribution in [-0.2, 0) is 20.2 Å². The maximum Gasteiger partial charge on any atom is 0.295 e. The summed E-state index contributed by atoms with van der Waals surface area (Å²) in [6, 6.07) is 9.45. The number of nitrogen functional groups attached to an aromatic ring is 1. The SMILES string of the molecule is Nc1ccc(C(=O)Nc2cccc3cc(S(=O)(=O)O)cc(O)c23)c(S(=O)(=O)O)c1. The Hall–Kier alpha value is -3.19. The number of hydrogen-bond acceptors (Lipinski definition) is 7. The number of rotatable bonds is 4. The average Bonchev–Trinajstić information content (AvgIpc) is 2.59. The van der Waals surface area contributed by atoms with Crippen LogP contribution in [0.25, 0.3) is 10.8 Å². The lowest BCUT2D eigenvalue weighted by atomic mass is 10.1. The first-order chi connectivity index (χ1) is 13.4. The fraction of sp³-hybridized carbons (Fsp3) is 0. The number of aromatic hydroxyl groups is 1. The van der Waals surface area contributed by atoms with Gasteiger partial charge in [-0.1, -0.05) is 12.1 Å². The monoisotopic (exact) mass is 438 g/mol. The number of benzene rings is 3. The smallest absolute Gasteiger partial charge is 0.295 e. The van der Waals surface area contributed by atoms with Crippen molar-refractivity contribution in [2.45, 2.75) is 9.79 Å². The van der Waals surface area contributed by atoms with Gasteiger partial charge in [0.25, 0.3) is 26.1 Å². The zero-order chi connectivity index (χ0) is 21.6. The Morgan fingerprint density at radius 3 is 2.24 bits per heavy atom. The number of nitrogens with one attached hydrogen (secondary N) is 1. The molecule has 0 saturated heterocycles. The number of amides is 1. The molecule has 0 unspecified atom stereocenters. The third-order valence-corrected chi connectivity index (χ3v) is 5.73. The summed E-state index contributed by atoms with van der Waals surface area (Å²) in [5, 5.41) is 12.9. The van der Waals surface area contributed by atoms with Crippen molar-refractivity contribution in [3.8, 4) is 5.75 Å². The molecule has 0 saturated carbocycles. The van der Waals surface area contributed by atoms with Crippen LogP contribution in [0.2, 0.25) is 0 Å². The number of fused-ring (bicyclic) bond motifs is 1. The van der Waals surface area contributed by atoms with E-state index in [-0.39, 0.29) is 22.1 Å². The number of nitrogens with two attached hydrogens (primary N) is 1. The van der Waals surface area contributed by atoms with Crippen LogP contribution in [-0.4, -0.2) is 37.0 Å².